The van der Waals surface area contributed by atoms with E-state index in [0.717, 1.165) is 11.1 Å². The van der Waals surface area contributed by atoms with Gasteiger partial charge >= 0.3 is 0 Å². The fraction of sp³-hybridized carbons (Fsp3) is 0. The lowest BCUT2D eigenvalue weighted by molar-refractivity contribution is 1.44. The maximum absolute atomic E-state index is 9.53. The predicted octanol–water partition coefficient (Wildman–Crippen LogP) is 3.93. The summed E-state index contributed by atoms with van der Waals surface area (Å²) >= 11 is 0. The van der Waals surface area contributed by atoms with Crippen LogP contribution in [0.15, 0.2) is 60.7 Å². The quantitative estimate of drug-likeness (QED) is 0.700. The lowest BCUT2D eigenvalue weighted by atomic mass is 9.89. The molecule has 24 heavy (non-hydrogen) atoms. The zero-order valence-corrected chi connectivity index (χ0v) is 12.8. The lowest BCUT2D eigenvalue weighted by Gasteiger charge is -2.14. The van der Waals surface area contributed by atoms with Gasteiger partial charge in [-0.2, -0.15) is 10.5 Å². The Morgan fingerprint density at radius 3 is 1.67 bits per heavy atom. The summed E-state index contributed by atoms with van der Waals surface area (Å²) in [4.78, 5) is 0. The first-order valence-electron chi connectivity index (χ1n) is 7.33. The molecule has 3 rings (SSSR count). The Kier molecular flexibility index (Phi) is 3.89. The van der Waals surface area contributed by atoms with E-state index in [2.05, 4.69) is 12.1 Å². The number of nitriles is 2. The van der Waals surface area contributed by atoms with E-state index in [0.29, 0.717) is 27.9 Å². The van der Waals surface area contributed by atoms with Crippen LogP contribution in [0, 0.1) is 22.7 Å². The van der Waals surface area contributed by atoms with Crippen LogP contribution in [0.2, 0.25) is 0 Å². The molecular formula is C20H14N4. The summed E-state index contributed by atoms with van der Waals surface area (Å²) in [6.07, 6.45) is 0. The van der Waals surface area contributed by atoms with Gasteiger partial charge in [0.2, 0.25) is 0 Å². The van der Waals surface area contributed by atoms with Gasteiger partial charge in [0, 0.05) is 16.8 Å². The molecule has 0 bridgehead atoms. The lowest BCUT2D eigenvalue weighted by Crippen LogP contribution is -2.00. The van der Waals surface area contributed by atoms with Gasteiger partial charge in [-0.05, 0) is 29.3 Å². The van der Waals surface area contributed by atoms with Gasteiger partial charge in [-0.15, -0.1) is 0 Å². The molecule has 3 aromatic rings. The molecule has 0 spiro atoms. The second kappa shape index (κ2) is 6.16. The smallest absolute Gasteiger partial charge is 0.102 e. The highest BCUT2D eigenvalue weighted by Crippen LogP contribution is 2.37. The normalized spacial score (nSPS) is 9.92. The SMILES string of the molecule is N#Cc1c(-c2ccccc2)cc(-c2ccc(N)cc2)c(C#N)c1N. The van der Waals surface area contributed by atoms with Crippen LogP contribution in [-0.4, -0.2) is 0 Å². The average molecular weight is 310 g/mol. The van der Waals surface area contributed by atoms with Gasteiger partial charge in [0.15, 0.2) is 0 Å². The zero-order valence-electron chi connectivity index (χ0n) is 12.8. The summed E-state index contributed by atoms with van der Waals surface area (Å²) in [7, 11) is 0. The number of hydrogen-bond acceptors (Lipinski definition) is 4. The van der Waals surface area contributed by atoms with Crippen molar-refractivity contribution in [2.45, 2.75) is 0 Å². The largest absolute Gasteiger partial charge is 0.399 e. The van der Waals surface area contributed by atoms with E-state index < -0.39 is 0 Å². The Morgan fingerprint density at radius 1 is 0.667 bits per heavy atom. The first kappa shape index (κ1) is 15.1. The minimum atomic E-state index is 0.202. The summed E-state index contributed by atoms with van der Waals surface area (Å²) in [5, 5.41) is 19.1. The molecule has 0 heterocycles. The van der Waals surface area contributed by atoms with Crippen molar-refractivity contribution in [1.82, 2.24) is 0 Å². The first-order chi connectivity index (χ1) is 11.7. The van der Waals surface area contributed by atoms with Crippen molar-refractivity contribution in [2.75, 3.05) is 11.5 Å². The first-order valence-corrected chi connectivity index (χ1v) is 7.33. The minimum absolute atomic E-state index is 0.202. The summed E-state index contributed by atoms with van der Waals surface area (Å²) < 4.78 is 0. The summed E-state index contributed by atoms with van der Waals surface area (Å²) in [6.45, 7) is 0. The summed E-state index contributed by atoms with van der Waals surface area (Å²) in [6, 6.07) is 22.8. The fourth-order valence-electron chi connectivity index (χ4n) is 2.68. The molecule has 0 unspecified atom stereocenters. The van der Waals surface area contributed by atoms with Crippen molar-refractivity contribution in [1.29, 1.82) is 10.5 Å². The molecule has 3 aromatic carbocycles. The molecular weight excluding hydrogens is 296 g/mol. The van der Waals surface area contributed by atoms with Crippen LogP contribution >= 0.6 is 0 Å². The highest BCUT2D eigenvalue weighted by molar-refractivity contribution is 5.89. The standard InChI is InChI=1S/C20H14N4/c21-11-18-16(13-4-2-1-3-5-13)10-17(19(12-22)20(18)24)14-6-8-15(23)9-7-14/h1-10H,23-24H2. The van der Waals surface area contributed by atoms with E-state index in [1.54, 1.807) is 12.1 Å². The van der Waals surface area contributed by atoms with E-state index in [-0.39, 0.29) is 5.69 Å². The van der Waals surface area contributed by atoms with Gasteiger partial charge in [0.25, 0.3) is 0 Å². The predicted molar refractivity (Wildman–Crippen MR) is 95.6 cm³/mol. The van der Waals surface area contributed by atoms with E-state index in [4.69, 9.17) is 11.5 Å². The van der Waals surface area contributed by atoms with Crippen molar-refractivity contribution >= 4 is 11.4 Å². The van der Waals surface area contributed by atoms with Crippen LogP contribution in [0.4, 0.5) is 11.4 Å². The maximum Gasteiger partial charge on any atom is 0.102 e. The van der Waals surface area contributed by atoms with Crippen molar-refractivity contribution in [2.24, 2.45) is 0 Å². The molecule has 0 radical (unpaired) electrons. The van der Waals surface area contributed by atoms with E-state index in [1.165, 1.54) is 0 Å². The Bertz CT molecular complexity index is 975. The number of nitrogens with two attached hydrogens (primary N) is 2. The number of hydrogen-bond donors (Lipinski definition) is 2. The highest BCUT2D eigenvalue weighted by atomic mass is 14.6. The zero-order chi connectivity index (χ0) is 17.1. The monoisotopic (exact) mass is 310 g/mol. The van der Waals surface area contributed by atoms with Crippen molar-refractivity contribution in [3.8, 4) is 34.4 Å². The molecule has 114 valence electrons. The van der Waals surface area contributed by atoms with Crippen LogP contribution in [0.3, 0.4) is 0 Å². The van der Waals surface area contributed by atoms with Crippen molar-refractivity contribution < 1.29 is 0 Å². The molecule has 0 saturated carbocycles. The molecule has 0 fully saturated rings. The summed E-state index contributed by atoms with van der Waals surface area (Å²) in [5.41, 5.74) is 16.4. The molecule has 0 aliphatic carbocycles. The van der Waals surface area contributed by atoms with Gasteiger partial charge < -0.3 is 11.5 Å². The van der Waals surface area contributed by atoms with E-state index in [1.807, 2.05) is 48.5 Å². The Labute approximate surface area is 140 Å². The maximum atomic E-state index is 9.53. The Balaban J connectivity index is 2.34. The van der Waals surface area contributed by atoms with Crippen molar-refractivity contribution in [3.63, 3.8) is 0 Å². The second-order valence-electron chi connectivity index (χ2n) is 5.35. The third-order valence-corrected chi connectivity index (χ3v) is 3.90. The van der Waals surface area contributed by atoms with Gasteiger partial charge in [0.1, 0.15) is 12.1 Å². The van der Waals surface area contributed by atoms with Gasteiger partial charge in [-0.3, -0.25) is 0 Å². The molecule has 0 amide bonds. The van der Waals surface area contributed by atoms with Gasteiger partial charge in [0.05, 0.1) is 16.8 Å². The topological polar surface area (TPSA) is 99.6 Å². The molecule has 4 heteroatoms. The number of anilines is 2. The fourth-order valence-corrected chi connectivity index (χ4v) is 2.68. The molecule has 4 nitrogen and oxygen atoms in total. The van der Waals surface area contributed by atoms with Crippen LogP contribution in [0.1, 0.15) is 11.1 Å². The minimum Gasteiger partial charge on any atom is -0.399 e. The molecule has 0 atom stereocenters. The molecule has 0 aliphatic rings. The summed E-state index contributed by atoms with van der Waals surface area (Å²) in [5.74, 6) is 0. The van der Waals surface area contributed by atoms with Gasteiger partial charge in [-0.25, -0.2) is 0 Å². The second-order valence-corrected chi connectivity index (χ2v) is 5.35. The third kappa shape index (κ3) is 2.54. The Morgan fingerprint density at radius 2 is 1.17 bits per heavy atom. The number of rotatable bonds is 2. The number of nitrogen functional groups attached to an aromatic ring is 2. The number of nitrogens with zero attached hydrogens (tertiary/aromatic N) is 2. The number of benzene rings is 3. The van der Waals surface area contributed by atoms with E-state index in [9.17, 15) is 10.5 Å². The molecule has 0 aromatic heterocycles. The molecule has 0 aliphatic heterocycles. The van der Waals surface area contributed by atoms with Gasteiger partial charge in [-0.1, -0.05) is 42.5 Å². The van der Waals surface area contributed by atoms with Crippen LogP contribution in [0.5, 0.6) is 0 Å². The van der Waals surface area contributed by atoms with Crippen LogP contribution in [-0.2, 0) is 0 Å². The third-order valence-electron chi connectivity index (χ3n) is 3.90. The van der Waals surface area contributed by atoms with Crippen LogP contribution < -0.4 is 11.5 Å². The van der Waals surface area contributed by atoms with E-state index >= 15 is 0 Å². The highest BCUT2D eigenvalue weighted by Gasteiger charge is 2.18. The molecule has 0 saturated heterocycles. The van der Waals surface area contributed by atoms with Crippen LogP contribution in [0.25, 0.3) is 22.3 Å². The average Bonchev–Trinajstić information content (AvgIpc) is 2.62. The molecule has 4 N–H and O–H groups in total. The Hall–Kier alpha value is -3.76. The van der Waals surface area contributed by atoms with Crippen molar-refractivity contribution in [3.05, 3.63) is 71.8 Å².